The van der Waals surface area contributed by atoms with Crippen LogP contribution in [0.2, 0.25) is 0 Å². The van der Waals surface area contributed by atoms with E-state index in [1.807, 2.05) is 0 Å². The van der Waals surface area contributed by atoms with Crippen LogP contribution in [-0.2, 0) is 0 Å². The number of aromatic nitrogens is 1. The number of hydrogen-bond donors (Lipinski definition) is 3. The number of nitrogen functional groups attached to an aromatic ring is 2. The van der Waals surface area contributed by atoms with Gasteiger partial charge in [-0.3, -0.25) is 10.1 Å². The predicted molar refractivity (Wildman–Crippen MR) is 46.7 cm³/mol. The summed E-state index contributed by atoms with van der Waals surface area (Å²) >= 11 is 0. The normalized spacial score (nSPS) is 9.71. The maximum absolute atomic E-state index is 10.4. The third-order valence-electron chi connectivity index (χ3n) is 1.45. The molecule has 0 spiro atoms. The van der Waals surface area contributed by atoms with Gasteiger partial charge in [0.05, 0.1) is 4.92 Å². The van der Waals surface area contributed by atoms with E-state index >= 15 is 0 Å². The minimum absolute atomic E-state index is 0.320. The minimum Gasteiger partial charge on any atom is -0.477 e. The number of hydrogen-bond acceptors (Lipinski definition) is 6. The largest absolute Gasteiger partial charge is 0.477 e. The van der Waals surface area contributed by atoms with Crippen molar-refractivity contribution in [1.82, 2.24) is 4.98 Å². The molecule has 0 aliphatic heterocycles. The summed E-state index contributed by atoms with van der Waals surface area (Å²) in [6.07, 6.45) is 0. The zero-order valence-electron chi connectivity index (χ0n) is 6.80. The summed E-state index contributed by atoms with van der Waals surface area (Å²) in [5.74, 6) is -1.86. The highest BCUT2D eigenvalue weighted by Gasteiger charge is 2.20. The van der Waals surface area contributed by atoms with Gasteiger partial charge in [0, 0.05) is 6.07 Å². The van der Waals surface area contributed by atoms with Crippen molar-refractivity contribution in [3.8, 4) is 0 Å². The van der Waals surface area contributed by atoms with Gasteiger partial charge < -0.3 is 16.6 Å². The molecule has 8 heteroatoms. The highest BCUT2D eigenvalue weighted by Crippen LogP contribution is 2.27. The Morgan fingerprint density at radius 3 is 2.50 bits per heavy atom. The molecule has 0 fully saturated rings. The van der Waals surface area contributed by atoms with Crippen LogP contribution in [0.5, 0.6) is 0 Å². The van der Waals surface area contributed by atoms with Gasteiger partial charge in [0.25, 0.3) is 0 Å². The van der Waals surface area contributed by atoms with E-state index < -0.39 is 28.1 Å². The van der Waals surface area contributed by atoms with E-state index in [0.717, 1.165) is 6.07 Å². The van der Waals surface area contributed by atoms with Gasteiger partial charge in [0.15, 0.2) is 5.69 Å². The van der Waals surface area contributed by atoms with Crippen LogP contribution in [-0.4, -0.2) is 21.0 Å². The summed E-state index contributed by atoms with van der Waals surface area (Å²) in [6.45, 7) is 0. The fraction of sp³-hybridized carbons (Fsp3) is 0. The fourth-order valence-corrected chi connectivity index (χ4v) is 0.887. The van der Waals surface area contributed by atoms with Crippen molar-refractivity contribution in [3.63, 3.8) is 0 Å². The van der Waals surface area contributed by atoms with Gasteiger partial charge in [-0.05, 0) is 0 Å². The van der Waals surface area contributed by atoms with Crippen LogP contribution in [0.25, 0.3) is 0 Å². The summed E-state index contributed by atoms with van der Waals surface area (Å²) in [4.78, 5) is 23.3. The molecule has 0 aromatic carbocycles. The summed E-state index contributed by atoms with van der Waals surface area (Å²) < 4.78 is 0. The average molecular weight is 198 g/mol. The van der Waals surface area contributed by atoms with Crippen LogP contribution in [0.1, 0.15) is 10.5 Å². The third-order valence-corrected chi connectivity index (χ3v) is 1.45. The summed E-state index contributed by atoms with van der Waals surface area (Å²) in [5.41, 5.74) is 9.08. The second-order valence-corrected chi connectivity index (χ2v) is 2.39. The van der Waals surface area contributed by atoms with Gasteiger partial charge in [-0.15, -0.1) is 0 Å². The van der Waals surface area contributed by atoms with Crippen LogP contribution >= 0.6 is 0 Å². The van der Waals surface area contributed by atoms with Crippen LogP contribution in [0, 0.1) is 10.1 Å². The van der Waals surface area contributed by atoms with E-state index in [4.69, 9.17) is 16.6 Å². The summed E-state index contributed by atoms with van der Waals surface area (Å²) in [5, 5.41) is 18.9. The van der Waals surface area contributed by atoms with E-state index in [1.165, 1.54) is 0 Å². The molecule has 0 saturated heterocycles. The van der Waals surface area contributed by atoms with Gasteiger partial charge in [-0.25, -0.2) is 9.78 Å². The number of nitrogens with two attached hydrogens (primary N) is 2. The molecule has 74 valence electrons. The highest BCUT2D eigenvalue weighted by molar-refractivity contribution is 5.89. The first-order chi connectivity index (χ1) is 6.43. The fourth-order valence-electron chi connectivity index (χ4n) is 0.887. The Kier molecular flexibility index (Phi) is 2.19. The van der Waals surface area contributed by atoms with Crippen molar-refractivity contribution in [1.29, 1.82) is 0 Å². The first-order valence-corrected chi connectivity index (χ1v) is 3.37. The highest BCUT2D eigenvalue weighted by atomic mass is 16.6. The molecule has 1 aromatic rings. The predicted octanol–water partition coefficient (Wildman–Crippen LogP) is -0.148. The molecular formula is C6H6N4O4. The molecule has 0 aliphatic carbocycles. The number of carboxylic acid groups (broad SMARTS) is 1. The number of carbonyl (C=O) groups is 1. The first kappa shape index (κ1) is 9.71. The molecule has 1 aromatic heterocycles. The van der Waals surface area contributed by atoms with E-state index in [2.05, 4.69) is 4.98 Å². The Hall–Kier alpha value is -2.38. The number of anilines is 2. The molecule has 8 nitrogen and oxygen atoms in total. The topological polar surface area (TPSA) is 145 Å². The maximum Gasteiger partial charge on any atom is 0.354 e. The molecule has 0 bridgehead atoms. The van der Waals surface area contributed by atoms with Gasteiger partial charge in [-0.1, -0.05) is 0 Å². The molecular weight excluding hydrogens is 192 g/mol. The molecule has 5 N–H and O–H groups in total. The molecule has 14 heavy (non-hydrogen) atoms. The standard InChI is InChI=1S/C6H6N4O4/c7-2-1-3(6(11)12)9-5(8)4(2)10(13)14/h1H,(H,11,12)(H4,7,8,9). The molecule has 0 aliphatic rings. The Balaban J connectivity index is 3.39. The SMILES string of the molecule is Nc1cc(C(=O)O)nc(N)c1[N+](=O)[O-]. The molecule has 1 heterocycles. The van der Waals surface area contributed by atoms with Crippen molar-refractivity contribution < 1.29 is 14.8 Å². The molecule has 0 atom stereocenters. The van der Waals surface area contributed by atoms with Crippen molar-refractivity contribution in [2.45, 2.75) is 0 Å². The van der Waals surface area contributed by atoms with Crippen molar-refractivity contribution in [2.24, 2.45) is 0 Å². The summed E-state index contributed by atoms with van der Waals surface area (Å²) in [7, 11) is 0. The lowest BCUT2D eigenvalue weighted by Gasteiger charge is -2.01. The second kappa shape index (κ2) is 3.17. The number of rotatable bonds is 2. The average Bonchev–Trinajstić information content (AvgIpc) is 2.01. The Morgan fingerprint density at radius 2 is 2.14 bits per heavy atom. The van der Waals surface area contributed by atoms with Crippen molar-refractivity contribution in [2.75, 3.05) is 11.5 Å². The smallest absolute Gasteiger partial charge is 0.354 e. The minimum atomic E-state index is -1.35. The maximum atomic E-state index is 10.4. The molecule has 0 amide bonds. The quantitative estimate of drug-likeness (QED) is 0.442. The van der Waals surface area contributed by atoms with Gasteiger partial charge >= 0.3 is 11.7 Å². The second-order valence-electron chi connectivity index (χ2n) is 2.39. The Morgan fingerprint density at radius 1 is 1.57 bits per heavy atom. The number of nitro groups is 1. The van der Waals surface area contributed by atoms with Crippen LogP contribution in [0.4, 0.5) is 17.2 Å². The molecule has 0 unspecified atom stereocenters. The Bertz CT molecular complexity index is 393. The zero-order chi connectivity index (χ0) is 10.9. The molecule has 0 radical (unpaired) electrons. The number of nitrogens with zero attached hydrogens (tertiary/aromatic N) is 2. The molecule has 0 saturated carbocycles. The zero-order valence-corrected chi connectivity index (χ0v) is 6.80. The van der Waals surface area contributed by atoms with Crippen molar-refractivity contribution in [3.05, 3.63) is 21.9 Å². The van der Waals surface area contributed by atoms with Crippen LogP contribution in [0.15, 0.2) is 6.07 Å². The lowest BCUT2D eigenvalue weighted by atomic mass is 10.2. The summed E-state index contributed by atoms with van der Waals surface area (Å²) in [6, 6.07) is 0.886. The first-order valence-electron chi connectivity index (χ1n) is 3.37. The van der Waals surface area contributed by atoms with Gasteiger partial charge in [-0.2, -0.15) is 0 Å². The van der Waals surface area contributed by atoms with Gasteiger partial charge in [0.2, 0.25) is 5.82 Å². The van der Waals surface area contributed by atoms with E-state index in [0.29, 0.717) is 0 Å². The van der Waals surface area contributed by atoms with Crippen LogP contribution < -0.4 is 11.5 Å². The van der Waals surface area contributed by atoms with Gasteiger partial charge in [0.1, 0.15) is 5.69 Å². The third kappa shape index (κ3) is 1.53. The Labute approximate surface area is 77.3 Å². The lowest BCUT2D eigenvalue weighted by molar-refractivity contribution is -0.383. The lowest BCUT2D eigenvalue weighted by Crippen LogP contribution is -2.08. The van der Waals surface area contributed by atoms with Crippen LogP contribution in [0.3, 0.4) is 0 Å². The number of carboxylic acids is 1. The monoisotopic (exact) mass is 198 g/mol. The molecule has 1 rings (SSSR count). The van der Waals surface area contributed by atoms with E-state index in [1.54, 1.807) is 0 Å². The number of aromatic carboxylic acids is 1. The number of pyridine rings is 1. The van der Waals surface area contributed by atoms with E-state index in [9.17, 15) is 14.9 Å². The van der Waals surface area contributed by atoms with E-state index in [-0.39, 0.29) is 5.69 Å². The van der Waals surface area contributed by atoms with Crippen molar-refractivity contribution >= 4 is 23.2 Å².